The molecule has 0 aliphatic rings. The Labute approximate surface area is 188 Å². The largest absolute Gasteiger partial charge is 0.322 e. The highest BCUT2D eigenvalue weighted by Gasteiger charge is 2.26. The molecule has 3 aromatic rings. The van der Waals surface area contributed by atoms with Crippen molar-refractivity contribution < 1.29 is 13.2 Å². The van der Waals surface area contributed by atoms with E-state index in [1.165, 1.54) is 22.5 Å². The fourth-order valence-corrected chi connectivity index (χ4v) is 4.88. The smallest absolute Gasteiger partial charge is 0.264 e. The highest BCUT2D eigenvalue weighted by Crippen LogP contribution is 2.30. The first kappa shape index (κ1) is 22.6. The van der Waals surface area contributed by atoms with Crippen molar-refractivity contribution in [1.82, 2.24) is 0 Å². The van der Waals surface area contributed by atoms with Crippen molar-refractivity contribution in [3.8, 4) is 0 Å². The maximum absolute atomic E-state index is 13.4. The third kappa shape index (κ3) is 4.98. The summed E-state index contributed by atoms with van der Waals surface area (Å²) in [6.07, 6.45) is 1.48. The number of para-hydroxylation sites is 1. The number of benzene rings is 3. The van der Waals surface area contributed by atoms with Gasteiger partial charge in [0.25, 0.3) is 15.9 Å². The van der Waals surface area contributed by atoms with E-state index >= 15 is 0 Å². The molecule has 0 aliphatic heterocycles. The van der Waals surface area contributed by atoms with E-state index in [9.17, 15) is 13.2 Å². The van der Waals surface area contributed by atoms with Crippen molar-refractivity contribution >= 4 is 38.9 Å². The van der Waals surface area contributed by atoms with E-state index in [2.05, 4.69) is 11.9 Å². The SMILES string of the molecule is C=CCN(c1ccccc1Cl)S(=O)(=O)c1cccc(C(=O)Nc2cc(C)ccc2C)c1. The Morgan fingerprint density at radius 3 is 2.52 bits per heavy atom. The van der Waals surface area contributed by atoms with Crippen LogP contribution in [0.1, 0.15) is 21.5 Å². The molecule has 1 N–H and O–H groups in total. The Balaban J connectivity index is 1.97. The van der Waals surface area contributed by atoms with Gasteiger partial charge < -0.3 is 5.32 Å². The molecule has 0 heterocycles. The predicted molar refractivity (Wildman–Crippen MR) is 126 cm³/mol. The minimum atomic E-state index is -3.98. The third-order valence-electron chi connectivity index (χ3n) is 4.74. The molecule has 160 valence electrons. The van der Waals surface area contributed by atoms with Crippen LogP contribution < -0.4 is 9.62 Å². The number of halogens is 1. The highest BCUT2D eigenvalue weighted by molar-refractivity contribution is 7.92. The van der Waals surface area contributed by atoms with Crippen LogP contribution in [0.5, 0.6) is 0 Å². The summed E-state index contributed by atoms with van der Waals surface area (Å²) in [7, 11) is -3.98. The van der Waals surface area contributed by atoms with E-state index in [-0.39, 0.29) is 17.0 Å². The molecule has 5 nitrogen and oxygen atoms in total. The maximum atomic E-state index is 13.4. The van der Waals surface area contributed by atoms with Crippen LogP contribution >= 0.6 is 11.6 Å². The van der Waals surface area contributed by atoms with Crippen LogP contribution in [0.15, 0.2) is 84.3 Å². The summed E-state index contributed by atoms with van der Waals surface area (Å²) < 4.78 is 28.0. The first-order chi connectivity index (χ1) is 14.7. The quantitative estimate of drug-likeness (QED) is 0.473. The summed E-state index contributed by atoms with van der Waals surface area (Å²) in [6.45, 7) is 7.52. The van der Waals surface area contributed by atoms with Gasteiger partial charge in [-0.15, -0.1) is 6.58 Å². The molecule has 0 radical (unpaired) electrons. The van der Waals surface area contributed by atoms with E-state index in [1.54, 1.807) is 36.4 Å². The van der Waals surface area contributed by atoms with Gasteiger partial charge in [-0.1, -0.05) is 48.0 Å². The molecule has 0 saturated carbocycles. The van der Waals surface area contributed by atoms with Gasteiger partial charge in [0.1, 0.15) is 0 Å². The summed E-state index contributed by atoms with van der Waals surface area (Å²) >= 11 is 6.24. The molecule has 3 aromatic carbocycles. The number of anilines is 2. The zero-order valence-corrected chi connectivity index (χ0v) is 18.9. The van der Waals surface area contributed by atoms with Gasteiger partial charge in [-0.2, -0.15) is 0 Å². The van der Waals surface area contributed by atoms with E-state index < -0.39 is 15.9 Å². The Morgan fingerprint density at radius 1 is 1.06 bits per heavy atom. The summed E-state index contributed by atoms with van der Waals surface area (Å²) in [6, 6.07) is 18.4. The summed E-state index contributed by atoms with van der Waals surface area (Å²) in [4.78, 5) is 12.8. The summed E-state index contributed by atoms with van der Waals surface area (Å²) in [5.41, 5.74) is 3.19. The Morgan fingerprint density at radius 2 is 1.81 bits per heavy atom. The number of nitrogens with zero attached hydrogens (tertiary/aromatic N) is 1. The first-order valence-electron chi connectivity index (χ1n) is 9.61. The lowest BCUT2D eigenvalue weighted by molar-refractivity contribution is 0.102. The highest BCUT2D eigenvalue weighted by atomic mass is 35.5. The van der Waals surface area contributed by atoms with Gasteiger partial charge in [-0.25, -0.2) is 8.42 Å². The fraction of sp³-hybridized carbons (Fsp3) is 0.125. The zero-order chi connectivity index (χ0) is 22.6. The van der Waals surface area contributed by atoms with Crippen molar-refractivity contribution in [3.05, 3.63) is 101 Å². The van der Waals surface area contributed by atoms with Crippen LogP contribution in [0, 0.1) is 13.8 Å². The van der Waals surface area contributed by atoms with Crippen LogP contribution in [0.3, 0.4) is 0 Å². The number of nitrogens with one attached hydrogen (secondary N) is 1. The minimum absolute atomic E-state index is 0.0112. The zero-order valence-electron chi connectivity index (χ0n) is 17.3. The minimum Gasteiger partial charge on any atom is -0.322 e. The second kappa shape index (κ2) is 9.37. The molecule has 0 saturated heterocycles. The van der Waals surface area contributed by atoms with Crippen LogP contribution in [-0.2, 0) is 10.0 Å². The van der Waals surface area contributed by atoms with E-state index in [4.69, 9.17) is 11.6 Å². The third-order valence-corrected chi connectivity index (χ3v) is 6.84. The van der Waals surface area contributed by atoms with Crippen LogP contribution in [0.4, 0.5) is 11.4 Å². The molecule has 3 rings (SSSR count). The molecule has 31 heavy (non-hydrogen) atoms. The standard InChI is InChI=1S/C24H23ClN2O3S/c1-4-14-27(23-11-6-5-10-21(23)25)31(29,30)20-9-7-8-19(16-20)24(28)26-22-15-17(2)12-13-18(22)3/h4-13,15-16H,1,14H2,2-3H3,(H,26,28). The fourth-order valence-electron chi connectivity index (χ4n) is 3.09. The van der Waals surface area contributed by atoms with Crippen molar-refractivity contribution in [2.24, 2.45) is 0 Å². The number of hydrogen-bond acceptors (Lipinski definition) is 3. The number of sulfonamides is 1. The molecule has 0 aromatic heterocycles. The molecular formula is C24H23ClN2O3S. The number of carbonyl (C=O) groups excluding carboxylic acids is 1. The second-order valence-corrected chi connectivity index (χ2v) is 9.35. The normalized spacial score (nSPS) is 11.1. The lowest BCUT2D eigenvalue weighted by Crippen LogP contribution is -2.31. The molecular weight excluding hydrogens is 432 g/mol. The second-order valence-electron chi connectivity index (χ2n) is 7.08. The van der Waals surface area contributed by atoms with Gasteiger partial charge in [0.05, 0.1) is 22.2 Å². The van der Waals surface area contributed by atoms with Gasteiger partial charge in [0.2, 0.25) is 0 Å². The van der Waals surface area contributed by atoms with Crippen LogP contribution in [0.25, 0.3) is 0 Å². The Kier molecular flexibility index (Phi) is 6.83. The molecule has 0 fully saturated rings. The molecule has 0 atom stereocenters. The van der Waals surface area contributed by atoms with Crippen molar-refractivity contribution in [2.45, 2.75) is 18.7 Å². The number of amides is 1. The molecule has 0 spiro atoms. The number of hydrogen-bond donors (Lipinski definition) is 1. The Hall–Kier alpha value is -3.09. The number of rotatable bonds is 7. The number of carbonyl (C=O) groups is 1. The van der Waals surface area contributed by atoms with Crippen LogP contribution in [0.2, 0.25) is 5.02 Å². The van der Waals surface area contributed by atoms with Gasteiger partial charge in [0, 0.05) is 11.3 Å². The molecule has 0 bridgehead atoms. The van der Waals surface area contributed by atoms with Gasteiger partial charge >= 0.3 is 0 Å². The van der Waals surface area contributed by atoms with Gasteiger partial charge in [-0.3, -0.25) is 9.10 Å². The van der Waals surface area contributed by atoms with E-state index in [1.807, 2.05) is 32.0 Å². The van der Waals surface area contributed by atoms with Crippen molar-refractivity contribution in [3.63, 3.8) is 0 Å². The number of aryl methyl sites for hydroxylation is 2. The summed E-state index contributed by atoms with van der Waals surface area (Å²) in [5, 5.41) is 3.16. The van der Waals surface area contributed by atoms with Gasteiger partial charge in [0.15, 0.2) is 0 Å². The predicted octanol–water partition coefficient (Wildman–Crippen LogP) is 5.59. The molecule has 0 aliphatic carbocycles. The topological polar surface area (TPSA) is 66.5 Å². The molecule has 0 unspecified atom stereocenters. The average Bonchev–Trinajstić information content (AvgIpc) is 2.75. The van der Waals surface area contributed by atoms with E-state index in [0.717, 1.165) is 11.1 Å². The van der Waals surface area contributed by atoms with Crippen LogP contribution in [-0.4, -0.2) is 20.9 Å². The average molecular weight is 455 g/mol. The van der Waals surface area contributed by atoms with Crippen molar-refractivity contribution in [1.29, 1.82) is 0 Å². The molecule has 7 heteroatoms. The first-order valence-corrected chi connectivity index (χ1v) is 11.4. The van der Waals surface area contributed by atoms with Crippen molar-refractivity contribution in [2.75, 3.05) is 16.2 Å². The molecule has 1 amide bonds. The maximum Gasteiger partial charge on any atom is 0.264 e. The lowest BCUT2D eigenvalue weighted by Gasteiger charge is -2.24. The van der Waals surface area contributed by atoms with Gasteiger partial charge in [-0.05, 0) is 61.4 Å². The Bertz CT molecular complexity index is 1240. The monoisotopic (exact) mass is 454 g/mol. The summed E-state index contributed by atoms with van der Waals surface area (Å²) in [5.74, 6) is -0.390. The van der Waals surface area contributed by atoms with E-state index in [0.29, 0.717) is 16.4 Å². The lowest BCUT2D eigenvalue weighted by atomic mass is 10.1.